The van der Waals surface area contributed by atoms with Crippen LogP contribution in [0.25, 0.3) is 0 Å². The fraction of sp³-hybridized carbons (Fsp3) is 0.364. The molecule has 94 valence electrons. The Labute approximate surface area is 106 Å². The smallest absolute Gasteiger partial charge is 0.254 e. The van der Waals surface area contributed by atoms with Crippen LogP contribution in [0.15, 0.2) is 18.2 Å². The van der Waals surface area contributed by atoms with E-state index < -0.39 is 0 Å². The highest BCUT2D eigenvalue weighted by atomic mass is 35.5. The largest absolute Gasteiger partial charge is 0.397 e. The van der Waals surface area contributed by atoms with E-state index in [1.807, 2.05) is 0 Å². The van der Waals surface area contributed by atoms with Crippen LogP contribution in [0.4, 0.5) is 11.4 Å². The lowest BCUT2D eigenvalue weighted by Gasteiger charge is -2.27. The SMILES string of the molecule is Cl.Nc1ccc(C(=O)N2CCOCC2)cc1N. The summed E-state index contributed by atoms with van der Waals surface area (Å²) in [5, 5.41) is 0. The summed E-state index contributed by atoms with van der Waals surface area (Å²) >= 11 is 0. The van der Waals surface area contributed by atoms with Gasteiger partial charge in [-0.25, -0.2) is 0 Å². The summed E-state index contributed by atoms with van der Waals surface area (Å²) in [6, 6.07) is 4.97. The van der Waals surface area contributed by atoms with Gasteiger partial charge in [-0.15, -0.1) is 12.4 Å². The van der Waals surface area contributed by atoms with E-state index in [4.69, 9.17) is 16.2 Å². The van der Waals surface area contributed by atoms with Crippen molar-refractivity contribution in [2.24, 2.45) is 0 Å². The van der Waals surface area contributed by atoms with Crippen molar-refractivity contribution >= 4 is 29.7 Å². The van der Waals surface area contributed by atoms with E-state index in [0.717, 1.165) is 0 Å². The fourth-order valence-electron chi connectivity index (χ4n) is 1.66. The molecule has 17 heavy (non-hydrogen) atoms. The topological polar surface area (TPSA) is 81.6 Å². The van der Waals surface area contributed by atoms with E-state index in [-0.39, 0.29) is 18.3 Å². The van der Waals surface area contributed by atoms with Gasteiger partial charge < -0.3 is 21.1 Å². The van der Waals surface area contributed by atoms with Crippen LogP contribution in [-0.2, 0) is 4.74 Å². The van der Waals surface area contributed by atoms with Gasteiger partial charge in [0.25, 0.3) is 5.91 Å². The number of rotatable bonds is 1. The molecule has 5 nitrogen and oxygen atoms in total. The van der Waals surface area contributed by atoms with Crippen molar-refractivity contribution in [1.29, 1.82) is 0 Å². The Balaban J connectivity index is 0.00000144. The minimum Gasteiger partial charge on any atom is -0.397 e. The molecule has 0 aliphatic carbocycles. The summed E-state index contributed by atoms with van der Waals surface area (Å²) in [6.45, 7) is 2.44. The van der Waals surface area contributed by atoms with Crippen LogP contribution < -0.4 is 11.5 Å². The van der Waals surface area contributed by atoms with E-state index in [1.165, 1.54) is 0 Å². The molecule has 1 aliphatic rings. The molecule has 1 amide bonds. The Kier molecular flexibility index (Phi) is 4.60. The van der Waals surface area contributed by atoms with Gasteiger partial charge in [-0.05, 0) is 18.2 Å². The fourth-order valence-corrected chi connectivity index (χ4v) is 1.66. The molecule has 0 aromatic heterocycles. The van der Waals surface area contributed by atoms with Crippen LogP contribution in [0.5, 0.6) is 0 Å². The van der Waals surface area contributed by atoms with E-state index >= 15 is 0 Å². The summed E-state index contributed by atoms with van der Waals surface area (Å²) < 4.78 is 5.19. The van der Waals surface area contributed by atoms with Gasteiger partial charge in [0.05, 0.1) is 24.6 Å². The van der Waals surface area contributed by atoms with Gasteiger partial charge in [0.1, 0.15) is 0 Å². The number of anilines is 2. The molecule has 0 radical (unpaired) electrons. The van der Waals surface area contributed by atoms with Gasteiger partial charge in [0.15, 0.2) is 0 Å². The molecule has 1 saturated heterocycles. The predicted octanol–water partition coefficient (Wildman–Crippen LogP) is 0.745. The van der Waals surface area contributed by atoms with Crippen LogP contribution in [0.2, 0.25) is 0 Å². The molecule has 1 aromatic carbocycles. The third-order valence-electron chi connectivity index (χ3n) is 2.63. The second kappa shape index (κ2) is 5.75. The molecule has 0 bridgehead atoms. The Morgan fingerprint density at radius 3 is 2.41 bits per heavy atom. The molecule has 1 fully saturated rings. The highest BCUT2D eigenvalue weighted by Crippen LogP contribution is 2.17. The Morgan fingerprint density at radius 1 is 1.18 bits per heavy atom. The first-order valence-corrected chi connectivity index (χ1v) is 5.20. The third kappa shape index (κ3) is 3.01. The number of carbonyl (C=O) groups is 1. The maximum atomic E-state index is 12.0. The van der Waals surface area contributed by atoms with Gasteiger partial charge in [-0.1, -0.05) is 0 Å². The van der Waals surface area contributed by atoms with Crippen molar-refractivity contribution in [3.63, 3.8) is 0 Å². The maximum absolute atomic E-state index is 12.0. The summed E-state index contributed by atoms with van der Waals surface area (Å²) in [4.78, 5) is 13.8. The van der Waals surface area contributed by atoms with Gasteiger partial charge >= 0.3 is 0 Å². The lowest BCUT2D eigenvalue weighted by atomic mass is 10.1. The molecular formula is C11H16ClN3O2. The van der Waals surface area contributed by atoms with Crippen molar-refractivity contribution in [2.75, 3.05) is 37.8 Å². The van der Waals surface area contributed by atoms with Crippen molar-refractivity contribution in [3.05, 3.63) is 23.8 Å². The molecule has 1 aromatic rings. The van der Waals surface area contributed by atoms with E-state index in [9.17, 15) is 4.79 Å². The number of benzene rings is 1. The molecule has 4 N–H and O–H groups in total. The molecular weight excluding hydrogens is 242 g/mol. The van der Waals surface area contributed by atoms with Gasteiger partial charge in [-0.3, -0.25) is 4.79 Å². The Morgan fingerprint density at radius 2 is 1.82 bits per heavy atom. The number of nitrogens with two attached hydrogens (primary N) is 2. The average Bonchev–Trinajstić information content (AvgIpc) is 2.33. The van der Waals surface area contributed by atoms with Crippen molar-refractivity contribution in [3.8, 4) is 0 Å². The quantitative estimate of drug-likeness (QED) is 0.728. The molecule has 0 saturated carbocycles. The van der Waals surface area contributed by atoms with Crippen LogP contribution in [0.3, 0.4) is 0 Å². The zero-order chi connectivity index (χ0) is 11.5. The first-order valence-electron chi connectivity index (χ1n) is 5.20. The van der Waals surface area contributed by atoms with Crippen molar-refractivity contribution in [2.45, 2.75) is 0 Å². The molecule has 0 atom stereocenters. The number of halogens is 1. The van der Waals surface area contributed by atoms with E-state index in [1.54, 1.807) is 23.1 Å². The normalized spacial score (nSPS) is 15.2. The first-order chi connectivity index (χ1) is 7.68. The number of ether oxygens (including phenoxy) is 1. The van der Waals surface area contributed by atoms with Crippen molar-refractivity contribution < 1.29 is 9.53 Å². The maximum Gasteiger partial charge on any atom is 0.254 e. The van der Waals surface area contributed by atoms with E-state index in [2.05, 4.69) is 0 Å². The monoisotopic (exact) mass is 257 g/mol. The van der Waals surface area contributed by atoms with Gasteiger partial charge in [0.2, 0.25) is 0 Å². The van der Waals surface area contributed by atoms with Gasteiger partial charge in [-0.2, -0.15) is 0 Å². The zero-order valence-electron chi connectivity index (χ0n) is 9.39. The second-order valence-electron chi connectivity index (χ2n) is 3.75. The Bertz CT molecular complexity index is 406. The van der Waals surface area contributed by atoms with Crippen LogP contribution in [0, 0.1) is 0 Å². The molecule has 2 rings (SSSR count). The number of nitrogen functional groups attached to an aromatic ring is 2. The summed E-state index contributed by atoms with van der Waals surface area (Å²) in [5.74, 6) is -0.0185. The summed E-state index contributed by atoms with van der Waals surface area (Å²) in [6.07, 6.45) is 0. The molecule has 6 heteroatoms. The summed E-state index contributed by atoms with van der Waals surface area (Å²) in [5.41, 5.74) is 12.8. The third-order valence-corrected chi connectivity index (χ3v) is 2.63. The number of morpholine rings is 1. The lowest BCUT2D eigenvalue weighted by molar-refractivity contribution is 0.0303. The standard InChI is InChI=1S/C11H15N3O2.ClH/c12-9-2-1-8(7-10(9)13)11(15)14-3-5-16-6-4-14;/h1-2,7H,3-6,12-13H2;1H. The minimum atomic E-state index is -0.0185. The number of carbonyl (C=O) groups excluding carboxylic acids is 1. The van der Waals surface area contributed by atoms with E-state index in [0.29, 0.717) is 43.2 Å². The average molecular weight is 258 g/mol. The molecule has 1 aliphatic heterocycles. The highest BCUT2D eigenvalue weighted by molar-refractivity contribution is 5.96. The number of amides is 1. The number of hydrogen-bond acceptors (Lipinski definition) is 4. The first kappa shape index (κ1) is 13.6. The van der Waals surface area contributed by atoms with Crippen molar-refractivity contribution in [1.82, 2.24) is 4.90 Å². The van der Waals surface area contributed by atoms with Crippen LogP contribution in [-0.4, -0.2) is 37.1 Å². The molecule has 1 heterocycles. The number of nitrogens with zero attached hydrogens (tertiary/aromatic N) is 1. The van der Waals surface area contributed by atoms with Crippen LogP contribution >= 0.6 is 12.4 Å². The zero-order valence-corrected chi connectivity index (χ0v) is 10.2. The molecule has 0 unspecified atom stereocenters. The Hall–Kier alpha value is -1.46. The van der Waals surface area contributed by atoms with Gasteiger partial charge in [0, 0.05) is 18.7 Å². The minimum absolute atomic E-state index is 0. The number of hydrogen-bond donors (Lipinski definition) is 2. The summed E-state index contributed by atoms with van der Waals surface area (Å²) in [7, 11) is 0. The lowest BCUT2D eigenvalue weighted by Crippen LogP contribution is -2.40. The molecule has 0 spiro atoms. The highest BCUT2D eigenvalue weighted by Gasteiger charge is 2.18. The predicted molar refractivity (Wildman–Crippen MR) is 69.2 cm³/mol. The second-order valence-corrected chi connectivity index (χ2v) is 3.75. The van der Waals surface area contributed by atoms with Crippen LogP contribution in [0.1, 0.15) is 10.4 Å².